The summed E-state index contributed by atoms with van der Waals surface area (Å²) in [6, 6.07) is 10.6. The second-order valence-corrected chi connectivity index (χ2v) is 9.30. The van der Waals surface area contributed by atoms with Gasteiger partial charge in [-0.1, -0.05) is 71.0 Å². The van der Waals surface area contributed by atoms with Crippen LogP contribution in [0.4, 0.5) is 0 Å². The highest BCUT2D eigenvalue weighted by molar-refractivity contribution is 5.55. The largest absolute Gasteiger partial charge is 0.346 e. The van der Waals surface area contributed by atoms with Gasteiger partial charge in [0, 0.05) is 5.92 Å². The minimum absolute atomic E-state index is 0.303. The summed E-state index contributed by atoms with van der Waals surface area (Å²) in [6.45, 7) is 12.7. The van der Waals surface area contributed by atoms with Crippen molar-refractivity contribution in [1.29, 1.82) is 0 Å². The zero-order chi connectivity index (χ0) is 17.8. The molecule has 25 heavy (non-hydrogen) atoms. The Hall–Kier alpha value is -1.12. The molecule has 3 fully saturated rings. The number of hydrogen-bond acceptors (Lipinski definition) is 2. The topological polar surface area (TPSA) is 18.5 Å². The molecular weight excluding hydrogens is 308 g/mol. The summed E-state index contributed by atoms with van der Waals surface area (Å²) < 4.78 is 13.3. The third-order valence-electron chi connectivity index (χ3n) is 7.32. The van der Waals surface area contributed by atoms with Crippen molar-refractivity contribution in [3.8, 4) is 0 Å². The van der Waals surface area contributed by atoms with Crippen molar-refractivity contribution in [3.63, 3.8) is 0 Å². The maximum atomic E-state index is 6.77. The average molecular weight is 341 g/mol. The Balaban J connectivity index is 1.73. The quantitative estimate of drug-likeness (QED) is 0.668. The van der Waals surface area contributed by atoms with Crippen LogP contribution in [-0.2, 0) is 9.47 Å². The van der Waals surface area contributed by atoms with Crippen LogP contribution in [0, 0.1) is 29.1 Å². The molecule has 4 rings (SSSR count). The van der Waals surface area contributed by atoms with Crippen LogP contribution < -0.4 is 0 Å². The van der Waals surface area contributed by atoms with Crippen molar-refractivity contribution in [2.75, 3.05) is 6.61 Å². The molecule has 2 heteroatoms. The minimum atomic E-state index is -0.519. The highest BCUT2D eigenvalue weighted by Crippen LogP contribution is 2.62. The summed E-state index contributed by atoms with van der Waals surface area (Å²) in [5, 5.41) is 0. The van der Waals surface area contributed by atoms with Gasteiger partial charge in [0.15, 0.2) is 5.79 Å². The van der Waals surface area contributed by atoms with Gasteiger partial charge in [0.2, 0.25) is 0 Å². The van der Waals surface area contributed by atoms with Gasteiger partial charge in [-0.05, 0) is 47.1 Å². The van der Waals surface area contributed by atoms with Crippen molar-refractivity contribution in [2.24, 2.45) is 29.1 Å². The zero-order valence-electron chi connectivity index (χ0n) is 16.3. The summed E-state index contributed by atoms with van der Waals surface area (Å²) in [5.74, 6) is 1.68. The van der Waals surface area contributed by atoms with Gasteiger partial charge < -0.3 is 9.47 Å². The van der Waals surface area contributed by atoms with Crippen molar-refractivity contribution in [3.05, 3.63) is 41.5 Å². The summed E-state index contributed by atoms with van der Waals surface area (Å²) in [4.78, 5) is 0. The summed E-state index contributed by atoms with van der Waals surface area (Å²) in [5.41, 5.74) is 2.88. The third-order valence-corrected chi connectivity index (χ3v) is 7.32. The number of hydrogen-bond donors (Lipinski definition) is 0. The van der Waals surface area contributed by atoms with Crippen molar-refractivity contribution in [1.82, 2.24) is 0 Å². The second-order valence-electron chi connectivity index (χ2n) is 9.30. The van der Waals surface area contributed by atoms with Gasteiger partial charge in [0.05, 0.1) is 12.7 Å². The van der Waals surface area contributed by atoms with Crippen molar-refractivity contribution < 1.29 is 9.47 Å². The molecule has 2 nitrogen and oxygen atoms in total. The summed E-state index contributed by atoms with van der Waals surface area (Å²) in [7, 11) is 0. The van der Waals surface area contributed by atoms with Crippen LogP contribution in [0.25, 0.3) is 6.08 Å². The van der Waals surface area contributed by atoms with Crippen LogP contribution in [0.15, 0.2) is 35.9 Å². The molecule has 1 aromatic carbocycles. The van der Waals surface area contributed by atoms with Crippen LogP contribution in [0.2, 0.25) is 0 Å². The lowest BCUT2D eigenvalue weighted by Crippen LogP contribution is -2.47. The fourth-order valence-electron chi connectivity index (χ4n) is 5.64. The Morgan fingerprint density at radius 3 is 2.48 bits per heavy atom. The third kappa shape index (κ3) is 2.61. The van der Waals surface area contributed by atoms with Gasteiger partial charge in [-0.3, -0.25) is 0 Å². The SMILES string of the molecule is CC1CO[C@@]2(O[C@H]3CC(C)C(C)(C)[C@H]3[C@@H]2C)/C(=C/c2ccccc2)C1. The molecule has 136 valence electrons. The Kier molecular flexibility index (Phi) is 4.12. The van der Waals surface area contributed by atoms with Crippen molar-refractivity contribution >= 4 is 6.08 Å². The normalized spacial score (nSPS) is 44.4. The fraction of sp³-hybridized carbons (Fsp3) is 0.652. The molecule has 1 spiro atoms. The monoisotopic (exact) mass is 340 g/mol. The lowest BCUT2D eigenvalue weighted by Gasteiger charge is -2.44. The Bertz CT molecular complexity index is 662. The van der Waals surface area contributed by atoms with Crippen LogP contribution in [-0.4, -0.2) is 18.5 Å². The maximum Gasteiger partial charge on any atom is 0.194 e. The Morgan fingerprint density at radius 1 is 1.08 bits per heavy atom. The van der Waals surface area contributed by atoms with E-state index in [1.54, 1.807) is 0 Å². The van der Waals surface area contributed by atoms with Crippen LogP contribution in [0.3, 0.4) is 0 Å². The molecular formula is C23H32O2. The Labute approximate surface area is 152 Å². The molecule has 0 aromatic heterocycles. The van der Waals surface area contributed by atoms with E-state index in [0.29, 0.717) is 35.2 Å². The van der Waals surface area contributed by atoms with E-state index in [1.165, 1.54) is 11.1 Å². The van der Waals surface area contributed by atoms with Gasteiger partial charge in [-0.15, -0.1) is 0 Å². The predicted octanol–water partition coefficient (Wildman–Crippen LogP) is 5.54. The van der Waals surface area contributed by atoms with E-state index in [2.05, 4.69) is 71.0 Å². The van der Waals surface area contributed by atoms with Crippen LogP contribution in [0.1, 0.15) is 53.0 Å². The maximum absolute atomic E-state index is 6.77. The highest BCUT2D eigenvalue weighted by atomic mass is 16.7. The summed E-state index contributed by atoms with van der Waals surface area (Å²) >= 11 is 0. The molecule has 1 aliphatic carbocycles. The molecule has 0 amide bonds. The molecule has 0 radical (unpaired) electrons. The van der Waals surface area contributed by atoms with Gasteiger partial charge in [0.1, 0.15) is 0 Å². The number of benzene rings is 1. The van der Waals surface area contributed by atoms with Gasteiger partial charge in [-0.2, -0.15) is 0 Å². The molecule has 2 heterocycles. The smallest absolute Gasteiger partial charge is 0.194 e. The fourth-order valence-corrected chi connectivity index (χ4v) is 5.64. The van der Waals surface area contributed by atoms with E-state index in [9.17, 15) is 0 Å². The van der Waals surface area contributed by atoms with E-state index < -0.39 is 5.79 Å². The molecule has 6 atom stereocenters. The Morgan fingerprint density at radius 2 is 1.80 bits per heavy atom. The molecule has 2 unspecified atom stereocenters. The molecule has 0 bridgehead atoms. The standard InChI is InChI=1S/C23H32O2/c1-15-11-19(13-18-9-7-6-8-10-18)23(24-14-15)17(3)21-20(25-23)12-16(2)22(21,4)5/h6-10,13,15-17,20-21H,11-12,14H2,1-5H3/b19-13+/t15?,16?,17-,20-,21-,23-/m0/s1. The first kappa shape index (κ1) is 17.3. The number of fused-ring (bicyclic) bond motifs is 1. The number of rotatable bonds is 1. The van der Waals surface area contributed by atoms with Crippen LogP contribution >= 0.6 is 0 Å². The van der Waals surface area contributed by atoms with Crippen molar-refractivity contribution in [2.45, 2.75) is 59.4 Å². The van der Waals surface area contributed by atoms with E-state index >= 15 is 0 Å². The van der Waals surface area contributed by atoms with Gasteiger partial charge in [0.25, 0.3) is 0 Å². The van der Waals surface area contributed by atoms with E-state index in [1.807, 2.05) is 0 Å². The van der Waals surface area contributed by atoms with Gasteiger partial charge >= 0.3 is 0 Å². The first-order chi connectivity index (χ1) is 11.8. The lowest BCUT2D eigenvalue weighted by atomic mass is 9.68. The highest BCUT2D eigenvalue weighted by Gasteiger charge is 2.64. The van der Waals surface area contributed by atoms with Gasteiger partial charge in [-0.25, -0.2) is 0 Å². The molecule has 0 N–H and O–H groups in total. The zero-order valence-corrected chi connectivity index (χ0v) is 16.3. The molecule has 1 saturated carbocycles. The molecule has 1 aromatic rings. The van der Waals surface area contributed by atoms with Crippen LogP contribution in [0.5, 0.6) is 0 Å². The second kappa shape index (κ2) is 5.96. The predicted molar refractivity (Wildman–Crippen MR) is 102 cm³/mol. The molecule has 2 aliphatic heterocycles. The van der Waals surface area contributed by atoms with E-state index in [4.69, 9.17) is 9.47 Å². The number of ether oxygens (including phenoxy) is 2. The first-order valence-corrected chi connectivity index (χ1v) is 9.92. The first-order valence-electron chi connectivity index (χ1n) is 9.92. The molecule has 2 saturated heterocycles. The average Bonchev–Trinajstić information content (AvgIpc) is 2.97. The van der Waals surface area contributed by atoms with E-state index in [-0.39, 0.29) is 0 Å². The lowest BCUT2D eigenvalue weighted by molar-refractivity contribution is -0.238. The molecule has 3 aliphatic rings. The van der Waals surface area contributed by atoms with E-state index in [0.717, 1.165) is 19.4 Å². The minimum Gasteiger partial charge on any atom is -0.346 e. The summed E-state index contributed by atoms with van der Waals surface area (Å²) in [6.07, 6.45) is 4.87.